The molecule has 0 rings (SSSR count). The molecule has 0 saturated carbocycles. The van der Waals surface area contributed by atoms with Gasteiger partial charge in [0, 0.05) is 25.1 Å². The summed E-state index contributed by atoms with van der Waals surface area (Å²) in [5.74, 6) is 0. The van der Waals surface area contributed by atoms with Crippen LogP contribution >= 0.6 is 0 Å². The molecule has 0 heterocycles. The monoisotopic (exact) mass is 211 g/mol. The number of hydrogen-bond donors (Lipinski definition) is 2. The molecule has 0 radical (unpaired) electrons. The molecule has 0 aliphatic rings. The van der Waals surface area contributed by atoms with Crippen LogP contribution in [0.25, 0.3) is 0 Å². The molecule has 0 aliphatic heterocycles. The minimum Gasteiger partial charge on any atom is -0.396 e. The molecule has 0 atom stereocenters. The molecule has 0 saturated heterocycles. The minimum absolute atomic E-state index is 0.0574. The summed E-state index contributed by atoms with van der Waals surface area (Å²) in [6.45, 7) is 3.60. The molecule has 86 valence electrons. The van der Waals surface area contributed by atoms with Crippen LogP contribution in [0.3, 0.4) is 0 Å². The van der Waals surface area contributed by atoms with E-state index in [0.717, 1.165) is 0 Å². The quantitative estimate of drug-likeness (QED) is 0.647. The van der Waals surface area contributed by atoms with E-state index in [0.29, 0.717) is 6.54 Å². The molecule has 0 aromatic carbocycles. The Morgan fingerprint density at radius 1 is 1.29 bits per heavy atom. The average molecular weight is 211 g/mol. The highest BCUT2D eigenvalue weighted by molar-refractivity contribution is 4.73. The minimum atomic E-state index is -2.41. The van der Waals surface area contributed by atoms with Gasteiger partial charge in [-0.25, -0.2) is 8.78 Å². The Balaban J connectivity index is 4.07. The molecule has 0 aromatic heterocycles. The predicted molar refractivity (Wildman–Crippen MR) is 50.4 cm³/mol. The summed E-state index contributed by atoms with van der Waals surface area (Å²) >= 11 is 0. The molecule has 0 bridgehead atoms. The van der Waals surface area contributed by atoms with Crippen LogP contribution < -0.4 is 0 Å². The first-order valence-electron chi connectivity index (χ1n) is 4.63. The fourth-order valence-corrected chi connectivity index (χ4v) is 1.23. The van der Waals surface area contributed by atoms with Crippen LogP contribution in [0.5, 0.6) is 0 Å². The molecular formula is C9H19F2NO2. The van der Waals surface area contributed by atoms with Crippen LogP contribution in [0.15, 0.2) is 0 Å². The highest BCUT2D eigenvalue weighted by Crippen LogP contribution is 2.16. The van der Waals surface area contributed by atoms with Gasteiger partial charge in [0.1, 0.15) is 0 Å². The Hall–Kier alpha value is -0.260. The number of nitrogens with zero attached hydrogens (tertiary/aromatic N) is 1. The zero-order valence-corrected chi connectivity index (χ0v) is 8.71. The van der Waals surface area contributed by atoms with Crippen molar-refractivity contribution in [2.45, 2.75) is 20.3 Å². The van der Waals surface area contributed by atoms with E-state index in [9.17, 15) is 8.78 Å². The molecule has 0 aromatic rings. The normalized spacial score (nSPS) is 12.9. The number of hydrogen-bond acceptors (Lipinski definition) is 3. The second-order valence-electron chi connectivity index (χ2n) is 4.17. The van der Waals surface area contributed by atoms with E-state index >= 15 is 0 Å². The van der Waals surface area contributed by atoms with Gasteiger partial charge >= 0.3 is 0 Å². The Bertz CT molecular complexity index is 154. The highest BCUT2D eigenvalue weighted by Gasteiger charge is 2.22. The third-order valence-electron chi connectivity index (χ3n) is 1.89. The van der Waals surface area contributed by atoms with Crippen molar-refractivity contribution in [3.05, 3.63) is 0 Å². The average Bonchev–Trinajstić information content (AvgIpc) is 2.03. The maximum absolute atomic E-state index is 12.1. The third-order valence-corrected chi connectivity index (χ3v) is 1.89. The van der Waals surface area contributed by atoms with E-state index < -0.39 is 11.8 Å². The van der Waals surface area contributed by atoms with Gasteiger partial charge in [-0.15, -0.1) is 0 Å². The van der Waals surface area contributed by atoms with Crippen LogP contribution in [0.4, 0.5) is 8.78 Å². The molecule has 3 nitrogen and oxygen atoms in total. The summed E-state index contributed by atoms with van der Waals surface area (Å²) in [7, 11) is 0. The summed E-state index contributed by atoms with van der Waals surface area (Å²) in [6, 6.07) is 0. The zero-order valence-electron chi connectivity index (χ0n) is 8.71. The summed E-state index contributed by atoms with van der Waals surface area (Å²) in [4.78, 5) is 1.46. The second kappa shape index (κ2) is 6.27. The molecular weight excluding hydrogens is 192 g/mol. The Kier molecular flexibility index (Phi) is 6.15. The van der Waals surface area contributed by atoms with E-state index in [2.05, 4.69) is 0 Å². The lowest BCUT2D eigenvalue weighted by atomic mass is 9.94. The van der Waals surface area contributed by atoms with Crippen LogP contribution in [0.2, 0.25) is 0 Å². The maximum Gasteiger partial charge on any atom is 0.251 e. The standard InChI is InChI=1S/C9H19F2NO2/c1-9(2,7-14)6-12(3-4-13)5-8(10)11/h8,13-14H,3-7H2,1-2H3. The number of rotatable bonds is 7. The first-order valence-corrected chi connectivity index (χ1v) is 4.63. The molecule has 0 aliphatic carbocycles. The highest BCUT2D eigenvalue weighted by atomic mass is 19.3. The van der Waals surface area contributed by atoms with Crippen molar-refractivity contribution in [1.82, 2.24) is 4.90 Å². The van der Waals surface area contributed by atoms with Gasteiger partial charge in [-0.3, -0.25) is 4.90 Å². The van der Waals surface area contributed by atoms with Gasteiger partial charge in [0.05, 0.1) is 13.2 Å². The third kappa shape index (κ3) is 6.23. The number of alkyl halides is 2. The predicted octanol–water partition coefficient (Wildman–Crippen LogP) is 0.564. The van der Waals surface area contributed by atoms with Gasteiger partial charge in [-0.1, -0.05) is 13.8 Å². The van der Waals surface area contributed by atoms with Gasteiger partial charge in [-0.05, 0) is 0 Å². The summed E-state index contributed by atoms with van der Waals surface area (Å²) < 4.78 is 24.2. The van der Waals surface area contributed by atoms with Crippen molar-refractivity contribution in [1.29, 1.82) is 0 Å². The summed E-state index contributed by atoms with van der Waals surface area (Å²) in [6.07, 6.45) is -2.41. The van der Waals surface area contributed by atoms with Crippen molar-refractivity contribution in [2.75, 3.05) is 32.8 Å². The summed E-state index contributed by atoms with van der Waals surface area (Å²) in [5.41, 5.74) is -0.413. The van der Waals surface area contributed by atoms with Gasteiger partial charge < -0.3 is 10.2 Å². The van der Waals surface area contributed by atoms with E-state index in [-0.39, 0.29) is 26.3 Å². The SMILES string of the molecule is CC(C)(CO)CN(CCO)CC(F)F. The topological polar surface area (TPSA) is 43.7 Å². The maximum atomic E-state index is 12.1. The van der Waals surface area contributed by atoms with Crippen molar-refractivity contribution in [3.8, 4) is 0 Å². The smallest absolute Gasteiger partial charge is 0.251 e. The lowest BCUT2D eigenvalue weighted by molar-refractivity contribution is 0.0414. The van der Waals surface area contributed by atoms with E-state index in [1.807, 2.05) is 0 Å². The van der Waals surface area contributed by atoms with Crippen LogP contribution in [0, 0.1) is 5.41 Å². The van der Waals surface area contributed by atoms with E-state index in [1.165, 1.54) is 4.90 Å². The second-order valence-corrected chi connectivity index (χ2v) is 4.17. The fraction of sp³-hybridized carbons (Fsp3) is 1.00. The lowest BCUT2D eigenvalue weighted by Gasteiger charge is -2.30. The van der Waals surface area contributed by atoms with Crippen molar-refractivity contribution >= 4 is 0 Å². The first kappa shape index (κ1) is 13.7. The van der Waals surface area contributed by atoms with Crippen LogP contribution in [-0.4, -0.2) is 54.4 Å². The number of aliphatic hydroxyl groups excluding tert-OH is 2. The zero-order chi connectivity index (χ0) is 11.2. The van der Waals surface area contributed by atoms with Crippen LogP contribution in [-0.2, 0) is 0 Å². The number of halogens is 2. The Morgan fingerprint density at radius 3 is 2.21 bits per heavy atom. The largest absolute Gasteiger partial charge is 0.396 e. The van der Waals surface area contributed by atoms with Gasteiger partial charge in [-0.2, -0.15) is 0 Å². The van der Waals surface area contributed by atoms with Gasteiger partial charge in [0.25, 0.3) is 6.43 Å². The molecule has 0 fully saturated rings. The summed E-state index contributed by atoms with van der Waals surface area (Å²) in [5, 5.41) is 17.6. The number of aliphatic hydroxyl groups is 2. The fourth-order valence-electron chi connectivity index (χ4n) is 1.23. The first-order chi connectivity index (χ1) is 6.41. The molecule has 0 unspecified atom stereocenters. The van der Waals surface area contributed by atoms with Crippen molar-refractivity contribution in [3.63, 3.8) is 0 Å². The van der Waals surface area contributed by atoms with E-state index in [4.69, 9.17) is 10.2 Å². The van der Waals surface area contributed by atoms with Gasteiger partial charge in [0.2, 0.25) is 0 Å². The molecule has 0 amide bonds. The molecule has 14 heavy (non-hydrogen) atoms. The molecule has 5 heteroatoms. The lowest BCUT2D eigenvalue weighted by Crippen LogP contribution is -2.40. The molecule has 0 spiro atoms. The van der Waals surface area contributed by atoms with Crippen molar-refractivity contribution in [2.24, 2.45) is 5.41 Å². The van der Waals surface area contributed by atoms with E-state index in [1.54, 1.807) is 13.8 Å². The van der Waals surface area contributed by atoms with Crippen LogP contribution in [0.1, 0.15) is 13.8 Å². The van der Waals surface area contributed by atoms with Crippen molar-refractivity contribution < 1.29 is 19.0 Å². The molecule has 2 N–H and O–H groups in total. The van der Waals surface area contributed by atoms with Gasteiger partial charge in [0.15, 0.2) is 0 Å². The Morgan fingerprint density at radius 2 is 1.86 bits per heavy atom. The Labute approximate surface area is 83.3 Å².